The molecule has 1 aliphatic carbocycles. The van der Waals surface area contributed by atoms with Gasteiger partial charge in [0.15, 0.2) is 0 Å². The number of aliphatic carboxylic acids is 1. The van der Waals surface area contributed by atoms with E-state index in [2.05, 4.69) is 21.3 Å². The zero-order chi connectivity index (χ0) is 30.2. The van der Waals surface area contributed by atoms with Crippen LogP contribution in [0.3, 0.4) is 0 Å². The lowest BCUT2D eigenvalue weighted by atomic mass is 9.90. The van der Waals surface area contributed by atoms with E-state index in [0.29, 0.717) is 5.57 Å². The molecule has 1 aliphatic heterocycles. The minimum absolute atomic E-state index is 0.0139. The number of carbonyl (C=O) groups is 6. The van der Waals surface area contributed by atoms with E-state index in [1.54, 1.807) is 19.1 Å². The molecular weight excluding hydrogens is 548 g/mol. The molecule has 0 aromatic heterocycles. The van der Waals surface area contributed by atoms with Crippen LogP contribution in [-0.2, 0) is 28.8 Å². The minimum atomic E-state index is -1.51. The van der Waals surface area contributed by atoms with Gasteiger partial charge in [-0.15, -0.1) is 11.8 Å². The molecule has 0 radical (unpaired) electrons. The fraction of sp³-hybridized carbons (Fsp3) is 0.583. The van der Waals surface area contributed by atoms with Crippen molar-refractivity contribution >= 4 is 47.3 Å². The number of primary amides is 1. The highest BCUT2D eigenvalue weighted by molar-refractivity contribution is 8.00. The van der Waals surface area contributed by atoms with Gasteiger partial charge in [-0.3, -0.25) is 28.8 Å². The Bertz CT molecular complexity index is 1080. The van der Waals surface area contributed by atoms with Crippen LogP contribution in [0, 0.1) is 0 Å². The van der Waals surface area contributed by atoms with Crippen molar-refractivity contribution in [2.24, 2.45) is 11.5 Å². The number of allylic oxidation sites excluding steroid dienone is 1. The third-order valence-electron chi connectivity index (χ3n) is 6.22. The average molecular weight is 585 g/mol. The van der Waals surface area contributed by atoms with E-state index in [9.17, 15) is 44.1 Å². The first kappa shape index (κ1) is 32.7. The van der Waals surface area contributed by atoms with Crippen LogP contribution in [-0.4, -0.2) is 104 Å². The Labute approximate surface area is 234 Å². The summed E-state index contributed by atoms with van der Waals surface area (Å²) >= 11 is 0.759. The van der Waals surface area contributed by atoms with Crippen LogP contribution in [0.5, 0.6) is 0 Å². The van der Waals surface area contributed by atoms with Gasteiger partial charge in [0.2, 0.25) is 29.5 Å². The van der Waals surface area contributed by atoms with Gasteiger partial charge >= 0.3 is 5.97 Å². The zero-order valence-corrected chi connectivity index (χ0v) is 22.9. The van der Waals surface area contributed by atoms with Crippen molar-refractivity contribution in [3.05, 3.63) is 23.8 Å². The first-order valence-electron chi connectivity index (χ1n) is 12.4. The van der Waals surface area contributed by atoms with E-state index < -0.39 is 89.6 Å². The van der Waals surface area contributed by atoms with Crippen LogP contribution < -0.4 is 32.7 Å². The topological polar surface area (TPSA) is 263 Å². The lowest BCUT2D eigenvalue weighted by Gasteiger charge is -2.30. The van der Waals surface area contributed by atoms with Gasteiger partial charge in [-0.25, -0.2) is 0 Å². The van der Waals surface area contributed by atoms with Crippen LogP contribution in [0.15, 0.2) is 23.8 Å². The highest BCUT2D eigenvalue weighted by Crippen LogP contribution is 2.27. The Morgan fingerprint density at radius 2 is 1.68 bits per heavy atom. The quantitative estimate of drug-likeness (QED) is 0.147. The smallest absolute Gasteiger partial charge is 0.318 e. The fourth-order valence-electron chi connectivity index (χ4n) is 3.88. The molecule has 1 fully saturated rings. The molecule has 11 N–H and O–H groups in total. The number of hydrogen-bond acceptors (Lipinski definition) is 10. The molecule has 40 heavy (non-hydrogen) atoms. The predicted octanol–water partition coefficient (Wildman–Crippen LogP) is -3.63. The Balaban J connectivity index is 2.47. The monoisotopic (exact) mass is 584 g/mol. The summed E-state index contributed by atoms with van der Waals surface area (Å²) in [5.74, 6) is -6.07. The summed E-state index contributed by atoms with van der Waals surface area (Å²) in [5, 5.41) is 37.9. The number of hydrogen-bond donors (Lipinski definition) is 9. The van der Waals surface area contributed by atoms with Gasteiger partial charge in [0, 0.05) is 5.75 Å². The number of rotatable bonds is 6. The van der Waals surface area contributed by atoms with E-state index in [4.69, 9.17) is 11.5 Å². The van der Waals surface area contributed by atoms with Gasteiger partial charge in [-0.2, -0.15) is 0 Å². The molecular formula is C24H36N6O9S. The first-order chi connectivity index (χ1) is 18.6. The summed E-state index contributed by atoms with van der Waals surface area (Å²) in [6.07, 6.45) is 4.43. The summed E-state index contributed by atoms with van der Waals surface area (Å²) in [7, 11) is 0. The number of aliphatic hydroxyl groups excluding tert-OH is 1. The number of carbonyl (C=O) groups excluding carboxylic acids is 5. The maximum Gasteiger partial charge on any atom is 0.318 e. The summed E-state index contributed by atoms with van der Waals surface area (Å²) < 4.78 is 0. The van der Waals surface area contributed by atoms with E-state index in [1.807, 2.05) is 0 Å². The maximum absolute atomic E-state index is 13.3. The van der Waals surface area contributed by atoms with E-state index in [-0.39, 0.29) is 18.6 Å². The summed E-state index contributed by atoms with van der Waals surface area (Å²) in [5.41, 5.74) is 10.7. The largest absolute Gasteiger partial charge is 0.480 e. The third kappa shape index (κ3) is 9.62. The van der Waals surface area contributed by atoms with Gasteiger partial charge in [0.1, 0.15) is 23.4 Å². The van der Waals surface area contributed by atoms with Crippen molar-refractivity contribution in [1.29, 1.82) is 0 Å². The second-order valence-electron chi connectivity index (χ2n) is 9.90. The molecule has 3 unspecified atom stereocenters. The number of nitrogens with two attached hydrogens (primary N) is 2. The molecule has 1 saturated heterocycles. The lowest BCUT2D eigenvalue weighted by Crippen LogP contribution is -2.60. The SMILES string of the molecule is C[C@@H]1NC(=O)C(CO)NC(=O)[C@@H](N)CSC(C(=O)O)[C@@H](CC2=CCC(C)(O)C=C2)NC(=O)[C@H](CC(N)=O)NC1=O. The summed E-state index contributed by atoms with van der Waals surface area (Å²) in [4.78, 5) is 75.1. The van der Waals surface area contributed by atoms with Crippen LogP contribution >= 0.6 is 11.8 Å². The molecule has 7 atom stereocenters. The van der Waals surface area contributed by atoms with E-state index in [0.717, 1.165) is 11.8 Å². The van der Waals surface area contributed by atoms with Gasteiger partial charge in [0.25, 0.3) is 0 Å². The predicted molar refractivity (Wildman–Crippen MR) is 143 cm³/mol. The van der Waals surface area contributed by atoms with Crippen LogP contribution in [0.4, 0.5) is 0 Å². The third-order valence-corrected chi connectivity index (χ3v) is 7.66. The van der Waals surface area contributed by atoms with E-state index >= 15 is 0 Å². The fourth-order valence-corrected chi connectivity index (χ4v) is 4.99. The second kappa shape index (κ2) is 14.2. The second-order valence-corrected chi connectivity index (χ2v) is 11.1. The molecule has 2 rings (SSSR count). The molecule has 0 bridgehead atoms. The van der Waals surface area contributed by atoms with Crippen molar-refractivity contribution in [1.82, 2.24) is 21.3 Å². The Morgan fingerprint density at radius 1 is 1.05 bits per heavy atom. The number of carboxylic acid groups (broad SMARTS) is 1. The average Bonchev–Trinajstić information content (AvgIpc) is 2.86. The van der Waals surface area contributed by atoms with E-state index in [1.165, 1.54) is 13.0 Å². The van der Waals surface area contributed by atoms with Crippen molar-refractivity contribution in [3.8, 4) is 0 Å². The van der Waals surface area contributed by atoms with Crippen LogP contribution in [0.2, 0.25) is 0 Å². The number of aliphatic hydroxyl groups is 2. The molecule has 0 aromatic carbocycles. The molecule has 0 saturated carbocycles. The number of carboxylic acids is 1. The van der Waals surface area contributed by atoms with Crippen molar-refractivity contribution < 1.29 is 44.1 Å². The number of thioether (sulfide) groups is 1. The van der Waals surface area contributed by atoms with Gasteiger partial charge < -0.3 is 48.1 Å². The zero-order valence-electron chi connectivity index (χ0n) is 22.1. The normalized spacial score (nSPS) is 32.7. The van der Waals surface area contributed by atoms with Crippen molar-refractivity contribution in [2.75, 3.05) is 12.4 Å². The summed E-state index contributed by atoms with van der Waals surface area (Å²) in [6, 6.07) is -6.67. The molecule has 1 heterocycles. The first-order valence-corrected chi connectivity index (χ1v) is 13.5. The van der Waals surface area contributed by atoms with Gasteiger partial charge in [-0.05, 0) is 26.7 Å². The number of amides is 5. The molecule has 222 valence electrons. The summed E-state index contributed by atoms with van der Waals surface area (Å²) in [6.45, 7) is 2.04. The minimum Gasteiger partial charge on any atom is -0.480 e. The molecule has 0 aromatic rings. The van der Waals surface area contributed by atoms with Crippen molar-refractivity contribution in [2.45, 2.75) is 74.2 Å². The van der Waals surface area contributed by atoms with Crippen LogP contribution in [0.25, 0.3) is 0 Å². The number of nitrogens with one attached hydrogen (secondary N) is 4. The molecule has 15 nitrogen and oxygen atoms in total. The Morgan fingerprint density at radius 3 is 2.23 bits per heavy atom. The Kier molecular flexibility index (Phi) is 11.7. The lowest BCUT2D eigenvalue weighted by molar-refractivity contribution is -0.138. The Hall–Kier alpha value is -3.47. The highest BCUT2D eigenvalue weighted by Gasteiger charge is 2.36. The molecule has 0 spiro atoms. The molecule has 2 aliphatic rings. The molecule has 16 heteroatoms. The highest BCUT2D eigenvalue weighted by atomic mass is 32.2. The molecule has 5 amide bonds. The standard InChI is InChI=1S/C24H36N6O9S/c1-11-19(33)29-15(8-17(26)32)21(35)28-14(7-12-3-5-24(2,39)6-4-12)18(23(37)38)40-10-13(25)20(34)30-16(9-31)22(36)27-11/h3-5,11,13-16,18,31,39H,6-10,25H2,1-2H3,(H2,26,32)(H,27,36)(H,28,35)(H,29,33)(H,30,34)(H,37,38)/t11-,13-,14+,15-,16?,18?,24?/m0/s1. The van der Waals surface area contributed by atoms with Gasteiger partial charge in [0.05, 0.1) is 30.7 Å². The van der Waals surface area contributed by atoms with Crippen LogP contribution in [0.1, 0.15) is 33.1 Å². The van der Waals surface area contributed by atoms with Crippen molar-refractivity contribution in [3.63, 3.8) is 0 Å². The maximum atomic E-state index is 13.3. The van der Waals surface area contributed by atoms with Gasteiger partial charge in [-0.1, -0.05) is 23.8 Å².